The first-order chi connectivity index (χ1) is 13.2. The van der Waals surface area contributed by atoms with Gasteiger partial charge in [0.15, 0.2) is 0 Å². The third-order valence-electron chi connectivity index (χ3n) is 6.21. The molecule has 4 saturated heterocycles. The fraction of sp³-hybridized carbons (Fsp3) is 0.550. The van der Waals surface area contributed by atoms with Crippen LogP contribution in [0.25, 0.3) is 10.1 Å². The maximum atomic E-state index is 12.7. The van der Waals surface area contributed by atoms with Gasteiger partial charge in [0.05, 0.1) is 4.88 Å². The number of hydrogen-bond acceptors (Lipinski definition) is 5. The lowest BCUT2D eigenvalue weighted by Gasteiger charge is -2.44. The molecule has 6 nitrogen and oxygen atoms in total. The molecule has 2 aromatic heterocycles. The largest absolute Gasteiger partial charge is 0.346 e. The molecular weight excluding hydrogens is 360 g/mol. The molecule has 0 radical (unpaired) electrons. The lowest BCUT2D eigenvalue weighted by molar-refractivity contribution is 0.0618. The van der Waals surface area contributed by atoms with Crippen LogP contribution in [-0.4, -0.2) is 65.4 Å². The predicted molar refractivity (Wildman–Crippen MR) is 105 cm³/mol. The van der Waals surface area contributed by atoms with Gasteiger partial charge in [-0.3, -0.25) is 14.6 Å². The first-order valence-electron chi connectivity index (χ1n) is 9.89. The van der Waals surface area contributed by atoms with E-state index in [1.54, 1.807) is 6.20 Å². The lowest BCUT2D eigenvalue weighted by Crippen LogP contribution is -2.57. The molecule has 7 heteroatoms. The van der Waals surface area contributed by atoms with Crippen LogP contribution in [0.15, 0.2) is 18.3 Å². The molecule has 2 bridgehead atoms. The van der Waals surface area contributed by atoms with Crippen molar-refractivity contribution < 1.29 is 9.59 Å². The Balaban J connectivity index is 1.33. The van der Waals surface area contributed by atoms with E-state index in [4.69, 9.17) is 0 Å². The summed E-state index contributed by atoms with van der Waals surface area (Å²) in [5, 5.41) is 4.12. The predicted octanol–water partition coefficient (Wildman–Crippen LogP) is 2.36. The first kappa shape index (κ1) is 17.1. The lowest BCUT2D eigenvalue weighted by atomic mass is 9.84. The Kier molecular flexibility index (Phi) is 4.36. The minimum atomic E-state index is -0.100. The summed E-state index contributed by atoms with van der Waals surface area (Å²) >= 11 is 1.46. The van der Waals surface area contributed by atoms with Crippen molar-refractivity contribution >= 4 is 33.2 Å². The van der Waals surface area contributed by atoms with Crippen molar-refractivity contribution in [3.63, 3.8) is 0 Å². The van der Waals surface area contributed by atoms with Crippen LogP contribution in [0.2, 0.25) is 0 Å². The Hall–Kier alpha value is -1.99. The number of pyridine rings is 1. The fourth-order valence-corrected chi connectivity index (χ4v) is 5.65. The van der Waals surface area contributed by atoms with Crippen molar-refractivity contribution in [2.45, 2.75) is 31.7 Å². The second-order valence-corrected chi connectivity index (χ2v) is 9.02. The van der Waals surface area contributed by atoms with Crippen LogP contribution in [0, 0.1) is 5.92 Å². The Morgan fingerprint density at radius 3 is 2.59 bits per heavy atom. The van der Waals surface area contributed by atoms with E-state index in [9.17, 15) is 9.59 Å². The standard InChI is InChI=1S/C20H24N4O2S/c25-19(22-16-12-23-7-3-13(16)4-8-23)15-10-17-14(11-21-15)9-18(27-17)20(26)24-5-1-2-6-24/h9-11,13,16H,1-8,12H2,(H,22,25)/t16-/m0/s1. The van der Waals surface area contributed by atoms with Crippen molar-refractivity contribution in [3.8, 4) is 0 Å². The Morgan fingerprint density at radius 2 is 1.89 bits per heavy atom. The normalized spacial score (nSPS) is 27.3. The maximum Gasteiger partial charge on any atom is 0.270 e. The van der Waals surface area contributed by atoms with E-state index in [1.807, 2.05) is 17.0 Å². The minimum Gasteiger partial charge on any atom is -0.346 e. The zero-order valence-corrected chi connectivity index (χ0v) is 16.1. The van der Waals surface area contributed by atoms with Gasteiger partial charge >= 0.3 is 0 Å². The van der Waals surface area contributed by atoms with E-state index in [1.165, 1.54) is 24.2 Å². The van der Waals surface area contributed by atoms with Crippen LogP contribution in [0.5, 0.6) is 0 Å². The van der Waals surface area contributed by atoms with E-state index >= 15 is 0 Å². The topological polar surface area (TPSA) is 65.5 Å². The maximum absolute atomic E-state index is 12.7. The zero-order valence-electron chi connectivity index (χ0n) is 15.3. The van der Waals surface area contributed by atoms with Gasteiger partial charge in [0.25, 0.3) is 11.8 Å². The number of carbonyl (C=O) groups is 2. The molecule has 0 saturated carbocycles. The number of fused-ring (bicyclic) bond motifs is 4. The highest BCUT2D eigenvalue weighted by molar-refractivity contribution is 7.20. The van der Waals surface area contributed by atoms with E-state index < -0.39 is 0 Å². The molecule has 0 aromatic carbocycles. The molecule has 0 unspecified atom stereocenters. The summed E-state index contributed by atoms with van der Waals surface area (Å²) in [4.78, 5) is 34.8. The number of carbonyl (C=O) groups excluding carboxylic acids is 2. The summed E-state index contributed by atoms with van der Waals surface area (Å²) in [5.74, 6) is 0.595. The highest BCUT2D eigenvalue weighted by Crippen LogP contribution is 2.29. The molecule has 0 aliphatic carbocycles. The molecule has 6 heterocycles. The second kappa shape index (κ2) is 6.87. The van der Waals surface area contributed by atoms with Gasteiger partial charge in [-0.05, 0) is 56.8 Å². The van der Waals surface area contributed by atoms with Gasteiger partial charge in [-0.2, -0.15) is 0 Å². The van der Waals surface area contributed by atoms with Crippen molar-refractivity contribution in [1.82, 2.24) is 20.1 Å². The van der Waals surface area contributed by atoms with Gasteiger partial charge in [0.1, 0.15) is 5.69 Å². The van der Waals surface area contributed by atoms with Crippen LogP contribution in [0.1, 0.15) is 45.8 Å². The summed E-state index contributed by atoms with van der Waals surface area (Å²) in [5.41, 5.74) is 0.445. The summed E-state index contributed by atoms with van der Waals surface area (Å²) in [6.45, 7) is 4.96. The third-order valence-corrected chi connectivity index (χ3v) is 7.30. The molecule has 1 atom stereocenters. The monoisotopic (exact) mass is 384 g/mol. The van der Waals surface area contributed by atoms with Gasteiger partial charge in [-0.15, -0.1) is 11.3 Å². The zero-order chi connectivity index (χ0) is 18.4. The van der Waals surface area contributed by atoms with E-state index in [0.717, 1.165) is 60.5 Å². The smallest absolute Gasteiger partial charge is 0.270 e. The van der Waals surface area contributed by atoms with Crippen LogP contribution < -0.4 is 5.32 Å². The number of rotatable bonds is 3. The number of piperidine rings is 3. The number of aromatic nitrogens is 1. The van der Waals surface area contributed by atoms with E-state index in [0.29, 0.717) is 11.6 Å². The highest BCUT2D eigenvalue weighted by atomic mass is 32.1. The van der Waals surface area contributed by atoms with E-state index in [-0.39, 0.29) is 17.9 Å². The SMILES string of the molecule is O=C(N[C@H]1CN2CCC1CC2)c1cc2sc(C(=O)N3CCCC3)cc2cn1. The second-order valence-electron chi connectivity index (χ2n) is 7.94. The van der Waals surface area contributed by atoms with Crippen molar-refractivity contribution in [3.05, 3.63) is 28.9 Å². The summed E-state index contributed by atoms with van der Waals surface area (Å²) in [6, 6.07) is 3.97. The van der Waals surface area contributed by atoms with Crippen LogP contribution in [-0.2, 0) is 0 Å². The number of nitrogens with one attached hydrogen (secondary N) is 1. The molecule has 4 fully saturated rings. The molecule has 2 amide bonds. The quantitative estimate of drug-likeness (QED) is 0.882. The Morgan fingerprint density at radius 1 is 1.11 bits per heavy atom. The Bertz CT molecular complexity index is 881. The molecular formula is C20H24N4O2S. The average Bonchev–Trinajstić information content (AvgIpc) is 3.37. The van der Waals surface area contributed by atoms with Crippen LogP contribution in [0.4, 0.5) is 0 Å². The van der Waals surface area contributed by atoms with Gasteiger partial charge in [-0.1, -0.05) is 0 Å². The fourth-order valence-electron chi connectivity index (χ4n) is 4.61. The van der Waals surface area contributed by atoms with Gasteiger partial charge in [0, 0.05) is 42.0 Å². The molecule has 4 aliphatic rings. The molecule has 4 aliphatic heterocycles. The van der Waals surface area contributed by atoms with Gasteiger partial charge < -0.3 is 15.1 Å². The molecule has 2 aromatic rings. The summed E-state index contributed by atoms with van der Waals surface area (Å²) in [6.07, 6.45) is 6.23. The molecule has 0 spiro atoms. The van der Waals surface area contributed by atoms with Crippen molar-refractivity contribution in [2.75, 3.05) is 32.7 Å². The average molecular weight is 385 g/mol. The molecule has 27 heavy (non-hydrogen) atoms. The van der Waals surface area contributed by atoms with Crippen molar-refractivity contribution in [2.24, 2.45) is 5.92 Å². The minimum absolute atomic E-state index is 0.100. The number of amides is 2. The molecule has 6 rings (SSSR count). The highest BCUT2D eigenvalue weighted by Gasteiger charge is 2.35. The van der Waals surface area contributed by atoms with E-state index in [2.05, 4.69) is 15.2 Å². The summed E-state index contributed by atoms with van der Waals surface area (Å²) < 4.78 is 0.951. The Labute approximate surface area is 162 Å². The molecule has 1 N–H and O–H groups in total. The summed E-state index contributed by atoms with van der Waals surface area (Å²) in [7, 11) is 0. The molecule has 142 valence electrons. The van der Waals surface area contributed by atoms with Gasteiger partial charge in [0.2, 0.25) is 0 Å². The van der Waals surface area contributed by atoms with Gasteiger partial charge in [-0.25, -0.2) is 0 Å². The number of thiophene rings is 1. The van der Waals surface area contributed by atoms with Crippen molar-refractivity contribution in [1.29, 1.82) is 0 Å². The number of hydrogen-bond donors (Lipinski definition) is 1. The third kappa shape index (κ3) is 3.23. The number of likely N-dealkylation sites (tertiary alicyclic amines) is 1. The van der Waals surface area contributed by atoms with Crippen LogP contribution >= 0.6 is 11.3 Å². The van der Waals surface area contributed by atoms with Crippen LogP contribution in [0.3, 0.4) is 0 Å². The first-order valence-corrected chi connectivity index (χ1v) is 10.7. The number of nitrogens with zero attached hydrogens (tertiary/aromatic N) is 3.